The van der Waals surface area contributed by atoms with E-state index in [1.165, 1.54) is 5.56 Å². The van der Waals surface area contributed by atoms with Crippen LogP contribution < -0.4 is 5.32 Å². The smallest absolute Gasteiger partial charge is 0.247 e. The fraction of sp³-hybridized carbons (Fsp3) is 0.273. The van der Waals surface area contributed by atoms with Gasteiger partial charge in [-0.1, -0.05) is 66.7 Å². The van der Waals surface area contributed by atoms with Gasteiger partial charge in [0.25, 0.3) is 0 Å². The van der Waals surface area contributed by atoms with Crippen LogP contribution in [0.3, 0.4) is 0 Å². The molecule has 3 atom stereocenters. The van der Waals surface area contributed by atoms with Crippen LogP contribution in [0.2, 0.25) is 0 Å². The maximum Gasteiger partial charge on any atom is 0.247 e. The number of carbonyl (C=O) groups excluding carboxylic acids is 1. The topological polar surface area (TPSA) is 70.2 Å². The van der Waals surface area contributed by atoms with E-state index in [4.69, 9.17) is 4.74 Å². The Balaban J connectivity index is 1.19. The van der Waals surface area contributed by atoms with Crippen molar-refractivity contribution in [3.63, 3.8) is 0 Å². The van der Waals surface area contributed by atoms with E-state index in [2.05, 4.69) is 58.5 Å². The molecule has 3 aromatic carbocycles. The molecule has 2 aliphatic heterocycles. The van der Waals surface area contributed by atoms with Crippen LogP contribution >= 0.6 is 0 Å². The van der Waals surface area contributed by atoms with Crippen LogP contribution in [-0.2, 0) is 16.1 Å². The van der Waals surface area contributed by atoms with Gasteiger partial charge in [-0.3, -0.25) is 14.8 Å². The summed E-state index contributed by atoms with van der Waals surface area (Å²) in [6, 6.07) is 21.9. The highest BCUT2D eigenvalue weighted by Crippen LogP contribution is 2.32. The van der Waals surface area contributed by atoms with Gasteiger partial charge in [0.15, 0.2) is 5.82 Å². The number of aromatic amines is 1. The lowest BCUT2D eigenvalue weighted by atomic mass is 9.92. The number of benzene rings is 3. The highest BCUT2D eigenvalue weighted by Gasteiger charge is 2.30. The van der Waals surface area contributed by atoms with E-state index < -0.39 is 5.82 Å². The van der Waals surface area contributed by atoms with Gasteiger partial charge >= 0.3 is 0 Å². The van der Waals surface area contributed by atoms with Crippen molar-refractivity contribution in [3.05, 3.63) is 106 Å². The van der Waals surface area contributed by atoms with Gasteiger partial charge in [-0.2, -0.15) is 5.10 Å². The molecular weight excluding hydrogens is 503 g/mol. The first-order chi connectivity index (χ1) is 19.4. The Labute approximate surface area is 233 Å². The number of aromatic nitrogens is 2. The maximum atomic E-state index is 15.5. The van der Waals surface area contributed by atoms with Crippen molar-refractivity contribution in [1.82, 2.24) is 20.4 Å². The number of halogens is 1. The zero-order chi connectivity index (χ0) is 27.6. The molecule has 7 heteroatoms. The first-order valence-corrected chi connectivity index (χ1v) is 13.8. The molecule has 2 N–H and O–H groups in total. The molecule has 204 valence electrons. The predicted molar refractivity (Wildman–Crippen MR) is 157 cm³/mol. The molecule has 0 spiro atoms. The molecule has 1 aromatic heterocycles. The molecule has 2 saturated heterocycles. The Morgan fingerprint density at radius 3 is 2.50 bits per heavy atom. The van der Waals surface area contributed by atoms with Crippen molar-refractivity contribution in [2.24, 2.45) is 0 Å². The molecule has 6 rings (SSSR count). The minimum Gasteiger partial charge on any atom is -0.373 e. The number of nitrogens with one attached hydrogen (secondary N) is 2. The highest BCUT2D eigenvalue weighted by atomic mass is 19.1. The Kier molecular flexibility index (Phi) is 7.32. The molecule has 3 heterocycles. The van der Waals surface area contributed by atoms with E-state index in [-0.39, 0.29) is 29.5 Å². The second kappa shape index (κ2) is 11.2. The SMILES string of the molecule is C[C@@H]1CN(Cc2ccc(/C=C/c3[nH]nc4c(F)c(/C=C5/C(=O)NCC5c5ccccc5)ccc34)cc2)C[C@H](C)O1. The van der Waals surface area contributed by atoms with Gasteiger partial charge in [-0.15, -0.1) is 0 Å². The van der Waals surface area contributed by atoms with Crippen LogP contribution in [0.15, 0.2) is 72.3 Å². The van der Waals surface area contributed by atoms with E-state index in [9.17, 15) is 4.79 Å². The normalized spacial score (nSPS) is 22.9. The van der Waals surface area contributed by atoms with Crippen LogP contribution in [0.1, 0.15) is 47.7 Å². The standard InChI is InChI=1S/C33H33FN4O2/c1-21-18-38(19-22(2)40-21)20-24-10-8-23(9-11-24)12-15-30-27-14-13-26(31(34)32(27)37-36-30)16-28-29(17-35-33(28)39)25-6-4-3-5-7-25/h3-16,21-22,29H,17-20H2,1-2H3,(H,35,39)(H,36,37)/b15-12+,28-16+/t21-,22+,29?. The number of nitrogens with zero attached hydrogens (tertiary/aromatic N) is 2. The molecule has 40 heavy (non-hydrogen) atoms. The third-order valence-corrected chi connectivity index (χ3v) is 7.67. The molecule has 0 bridgehead atoms. The summed E-state index contributed by atoms with van der Waals surface area (Å²) in [5.74, 6) is -0.726. The Bertz CT molecular complexity index is 1570. The van der Waals surface area contributed by atoms with Crippen LogP contribution in [0.5, 0.6) is 0 Å². The van der Waals surface area contributed by atoms with Gasteiger partial charge in [0, 0.05) is 48.6 Å². The van der Waals surface area contributed by atoms with Crippen molar-refractivity contribution in [2.45, 2.75) is 38.5 Å². The van der Waals surface area contributed by atoms with E-state index >= 15 is 4.39 Å². The molecule has 6 nitrogen and oxygen atoms in total. The summed E-state index contributed by atoms with van der Waals surface area (Å²) >= 11 is 0. The number of amides is 1. The molecule has 2 aliphatic rings. The monoisotopic (exact) mass is 536 g/mol. The van der Waals surface area contributed by atoms with Crippen molar-refractivity contribution in [3.8, 4) is 0 Å². The van der Waals surface area contributed by atoms with Gasteiger partial charge in [0.1, 0.15) is 5.52 Å². The largest absolute Gasteiger partial charge is 0.373 e. The molecule has 1 amide bonds. The third-order valence-electron chi connectivity index (χ3n) is 7.67. The molecule has 0 radical (unpaired) electrons. The summed E-state index contributed by atoms with van der Waals surface area (Å²) in [6.07, 6.45) is 6.07. The lowest BCUT2D eigenvalue weighted by Crippen LogP contribution is -2.44. The molecule has 2 fully saturated rings. The summed E-state index contributed by atoms with van der Waals surface area (Å²) in [4.78, 5) is 15.0. The second-order valence-electron chi connectivity index (χ2n) is 10.8. The predicted octanol–water partition coefficient (Wildman–Crippen LogP) is 5.78. The number of carbonyl (C=O) groups is 1. The van der Waals surface area contributed by atoms with Crippen molar-refractivity contribution < 1.29 is 13.9 Å². The lowest BCUT2D eigenvalue weighted by Gasteiger charge is -2.35. The number of H-pyrrole nitrogens is 1. The second-order valence-corrected chi connectivity index (χ2v) is 10.8. The average Bonchev–Trinajstić information content (AvgIpc) is 3.53. The third kappa shape index (κ3) is 5.48. The number of rotatable bonds is 6. The zero-order valence-corrected chi connectivity index (χ0v) is 22.7. The zero-order valence-electron chi connectivity index (χ0n) is 22.7. The lowest BCUT2D eigenvalue weighted by molar-refractivity contribution is -0.116. The van der Waals surface area contributed by atoms with Crippen molar-refractivity contribution >= 4 is 35.0 Å². The van der Waals surface area contributed by atoms with Crippen LogP contribution in [-0.4, -0.2) is 52.8 Å². The molecule has 4 aromatic rings. The van der Waals surface area contributed by atoms with Crippen LogP contribution in [0.25, 0.3) is 29.1 Å². The minimum absolute atomic E-state index is 0.117. The van der Waals surface area contributed by atoms with E-state index in [1.54, 1.807) is 12.1 Å². The first kappa shape index (κ1) is 26.2. The summed E-state index contributed by atoms with van der Waals surface area (Å²) < 4.78 is 21.4. The van der Waals surface area contributed by atoms with Crippen LogP contribution in [0, 0.1) is 5.82 Å². The average molecular weight is 537 g/mol. The summed E-state index contributed by atoms with van der Waals surface area (Å²) in [5, 5.41) is 10.8. The van der Waals surface area contributed by atoms with Crippen molar-refractivity contribution in [1.29, 1.82) is 0 Å². The molecule has 1 unspecified atom stereocenters. The Hall–Kier alpha value is -4.07. The maximum absolute atomic E-state index is 15.5. The number of hydrogen-bond acceptors (Lipinski definition) is 4. The van der Waals surface area contributed by atoms with Gasteiger partial charge in [-0.05, 0) is 48.8 Å². The number of ether oxygens (including phenoxy) is 1. The molecular formula is C33H33FN4O2. The first-order valence-electron chi connectivity index (χ1n) is 13.8. The number of fused-ring (bicyclic) bond motifs is 1. The van der Waals surface area contributed by atoms with Crippen molar-refractivity contribution in [2.75, 3.05) is 19.6 Å². The fourth-order valence-electron chi connectivity index (χ4n) is 5.79. The Morgan fingerprint density at radius 1 is 1.00 bits per heavy atom. The van der Waals surface area contributed by atoms with Gasteiger partial charge < -0.3 is 10.1 Å². The summed E-state index contributed by atoms with van der Waals surface area (Å²) in [7, 11) is 0. The van der Waals surface area contributed by atoms with E-state index in [0.29, 0.717) is 23.1 Å². The van der Waals surface area contributed by atoms with Gasteiger partial charge in [-0.25, -0.2) is 4.39 Å². The summed E-state index contributed by atoms with van der Waals surface area (Å²) in [5.41, 5.74) is 5.24. The number of morpholine rings is 1. The summed E-state index contributed by atoms with van der Waals surface area (Å²) in [6.45, 7) is 7.52. The van der Waals surface area contributed by atoms with E-state index in [0.717, 1.165) is 36.5 Å². The van der Waals surface area contributed by atoms with Crippen LogP contribution in [0.4, 0.5) is 4.39 Å². The van der Waals surface area contributed by atoms with Gasteiger partial charge in [0.05, 0.1) is 17.9 Å². The number of hydrogen-bond donors (Lipinski definition) is 2. The fourth-order valence-corrected chi connectivity index (χ4v) is 5.79. The quantitative estimate of drug-likeness (QED) is 0.307. The minimum atomic E-state index is -0.441. The molecule has 0 saturated carbocycles. The highest BCUT2D eigenvalue weighted by molar-refractivity contribution is 6.02. The van der Waals surface area contributed by atoms with E-state index in [1.807, 2.05) is 48.6 Å². The van der Waals surface area contributed by atoms with Gasteiger partial charge in [0.2, 0.25) is 5.91 Å². The molecule has 0 aliphatic carbocycles. The Morgan fingerprint density at radius 2 is 1.75 bits per heavy atom.